The van der Waals surface area contributed by atoms with Crippen LogP contribution in [-0.2, 0) is 0 Å². The Balaban J connectivity index is 1.41. The van der Waals surface area contributed by atoms with Crippen LogP contribution in [-0.4, -0.2) is 63.2 Å². The molecule has 0 radical (unpaired) electrons. The quantitative estimate of drug-likeness (QED) is 0.748. The van der Waals surface area contributed by atoms with E-state index in [9.17, 15) is 4.79 Å². The van der Waals surface area contributed by atoms with E-state index < -0.39 is 0 Å². The van der Waals surface area contributed by atoms with E-state index in [1.807, 2.05) is 28.6 Å². The summed E-state index contributed by atoms with van der Waals surface area (Å²) in [4.78, 5) is 22.1. The molecule has 0 N–H and O–H groups in total. The van der Waals surface area contributed by atoms with Crippen molar-refractivity contribution < 1.29 is 4.79 Å². The van der Waals surface area contributed by atoms with Crippen LogP contribution < -0.4 is 0 Å². The largest absolute Gasteiger partial charge is 0.333 e. The SMILES string of the molecule is Cc1nc(C(=O)N2CCN(CC3CCCCC3)CC2)nn1-c1ccccc1C(C)C. The number of amides is 1. The molecule has 2 aliphatic rings. The summed E-state index contributed by atoms with van der Waals surface area (Å²) in [7, 11) is 0. The van der Waals surface area contributed by atoms with Crippen molar-refractivity contribution in [3.05, 3.63) is 41.5 Å². The predicted molar refractivity (Wildman–Crippen MR) is 119 cm³/mol. The lowest BCUT2D eigenvalue weighted by Crippen LogP contribution is -2.50. The van der Waals surface area contributed by atoms with Crippen molar-refractivity contribution in [2.24, 2.45) is 5.92 Å². The molecule has 0 atom stereocenters. The van der Waals surface area contributed by atoms with E-state index in [2.05, 4.69) is 41.0 Å². The molecule has 1 aromatic heterocycles. The highest BCUT2D eigenvalue weighted by atomic mass is 16.2. The van der Waals surface area contributed by atoms with Gasteiger partial charge >= 0.3 is 0 Å². The minimum atomic E-state index is -0.0452. The van der Waals surface area contributed by atoms with Gasteiger partial charge < -0.3 is 4.90 Å². The normalized spacial score (nSPS) is 18.9. The number of benzene rings is 1. The van der Waals surface area contributed by atoms with Crippen LogP contribution in [0.4, 0.5) is 0 Å². The number of carbonyl (C=O) groups is 1. The number of aromatic nitrogens is 3. The Labute approximate surface area is 180 Å². The van der Waals surface area contributed by atoms with E-state index in [-0.39, 0.29) is 5.91 Å². The van der Waals surface area contributed by atoms with E-state index in [1.165, 1.54) is 44.2 Å². The van der Waals surface area contributed by atoms with Crippen LogP contribution in [0.15, 0.2) is 24.3 Å². The summed E-state index contributed by atoms with van der Waals surface area (Å²) in [6, 6.07) is 8.22. The Morgan fingerprint density at radius 3 is 2.47 bits per heavy atom. The molecule has 0 spiro atoms. The number of hydrogen-bond donors (Lipinski definition) is 0. The Bertz CT molecular complexity index is 860. The van der Waals surface area contributed by atoms with Gasteiger partial charge in [-0.3, -0.25) is 9.69 Å². The molecule has 0 unspecified atom stereocenters. The van der Waals surface area contributed by atoms with E-state index in [1.54, 1.807) is 0 Å². The fourth-order valence-electron chi connectivity index (χ4n) is 4.89. The van der Waals surface area contributed by atoms with Gasteiger partial charge in [0.1, 0.15) is 5.82 Å². The molecular weight excluding hydrogens is 374 g/mol. The maximum atomic E-state index is 13.1. The van der Waals surface area contributed by atoms with Crippen molar-refractivity contribution in [3.63, 3.8) is 0 Å². The summed E-state index contributed by atoms with van der Waals surface area (Å²) in [5, 5.41) is 4.61. The molecule has 6 heteroatoms. The van der Waals surface area contributed by atoms with Gasteiger partial charge in [-0.25, -0.2) is 9.67 Å². The zero-order valence-corrected chi connectivity index (χ0v) is 18.7. The van der Waals surface area contributed by atoms with Gasteiger partial charge in [0.05, 0.1) is 5.69 Å². The summed E-state index contributed by atoms with van der Waals surface area (Å²) >= 11 is 0. The predicted octanol–water partition coefficient (Wildman–Crippen LogP) is 4.04. The van der Waals surface area contributed by atoms with Gasteiger partial charge in [-0.15, -0.1) is 5.10 Å². The zero-order valence-electron chi connectivity index (χ0n) is 18.7. The topological polar surface area (TPSA) is 54.3 Å². The fraction of sp³-hybridized carbons (Fsp3) is 0.625. The molecule has 2 fully saturated rings. The van der Waals surface area contributed by atoms with E-state index in [4.69, 9.17) is 0 Å². The van der Waals surface area contributed by atoms with E-state index >= 15 is 0 Å². The first-order valence-corrected chi connectivity index (χ1v) is 11.6. The second-order valence-electron chi connectivity index (χ2n) is 9.20. The third-order valence-corrected chi connectivity index (χ3v) is 6.65. The molecule has 1 aromatic carbocycles. The molecule has 6 nitrogen and oxygen atoms in total. The lowest BCUT2D eigenvalue weighted by molar-refractivity contribution is 0.0594. The number of piperazine rings is 1. The Hall–Kier alpha value is -2.21. The Kier molecular flexibility index (Phi) is 6.52. The van der Waals surface area contributed by atoms with Crippen LogP contribution in [0.1, 0.15) is 73.9 Å². The van der Waals surface area contributed by atoms with Crippen molar-refractivity contribution in [2.45, 2.75) is 58.8 Å². The first-order valence-electron chi connectivity index (χ1n) is 11.6. The third kappa shape index (κ3) is 4.59. The standard InChI is InChI=1S/C24H35N5O/c1-18(2)21-11-7-8-12-22(21)29-19(3)25-23(26-29)24(30)28-15-13-27(14-16-28)17-20-9-5-4-6-10-20/h7-8,11-12,18,20H,4-6,9-10,13-17H2,1-3H3. The van der Waals surface area contributed by atoms with Gasteiger partial charge in [-0.1, -0.05) is 51.3 Å². The van der Waals surface area contributed by atoms with Crippen molar-refractivity contribution in [2.75, 3.05) is 32.7 Å². The maximum absolute atomic E-state index is 13.1. The van der Waals surface area contributed by atoms with Crippen LogP contribution in [0.3, 0.4) is 0 Å². The zero-order chi connectivity index (χ0) is 21.1. The summed E-state index contributed by atoms with van der Waals surface area (Å²) in [6.07, 6.45) is 6.92. The molecule has 4 rings (SSSR count). The summed E-state index contributed by atoms with van der Waals surface area (Å²) in [5.41, 5.74) is 2.22. The van der Waals surface area contributed by atoms with Crippen molar-refractivity contribution in [1.82, 2.24) is 24.6 Å². The first kappa shape index (κ1) is 21.0. The molecule has 1 saturated carbocycles. The second-order valence-corrected chi connectivity index (χ2v) is 9.20. The maximum Gasteiger partial charge on any atom is 0.293 e. The Morgan fingerprint density at radius 1 is 1.07 bits per heavy atom. The molecule has 30 heavy (non-hydrogen) atoms. The lowest BCUT2D eigenvalue weighted by atomic mass is 9.89. The highest BCUT2D eigenvalue weighted by Crippen LogP contribution is 2.25. The molecule has 2 heterocycles. The Morgan fingerprint density at radius 2 is 1.77 bits per heavy atom. The molecule has 1 amide bonds. The van der Waals surface area contributed by atoms with Crippen molar-refractivity contribution in [3.8, 4) is 5.69 Å². The van der Waals surface area contributed by atoms with E-state index in [0.29, 0.717) is 11.7 Å². The number of aryl methyl sites for hydroxylation is 1. The highest BCUT2D eigenvalue weighted by molar-refractivity contribution is 5.90. The highest BCUT2D eigenvalue weighted by Gasteiger charge is 2.27. The van der Waals surface area contributed by atoms with Gasteiger partial charge in [0.25, 0.3) is 5.91 Å². The molecule has 162 valence electrons. The van der Waals surface area contributed by atoms with Gasteiger partial charge in [0.15, 0.2) is 0 Å². The van der Waals surface area contributed by atoms with Crippen LogP contribution in [0.25, 0.3) is 5.69 Å². The number of para-hydroxylation sites is 1. The number of rotatable bonds is 5. The summed E-state index contributed by atoms with van der Waals surface area (Å²) in [6.45, 7) is 10.9. The average Bonchev–Trinajstić information content (AvgIpc) is 3.16. The van der Waals surface area contributed by atoms with Gasteiger partial charge in [0, 0.05) is 32.7 Å². The van der Waals surface area contributed by atoms with Crippen LogP contribution >= 0.6 is 0 Å². The number of hydrogen-bond acceptors (Lipinski definition) is 4. The van der Waals surface area contributed by atoms with Gasteiger partial charge in [0.2, 0.25) is 5.82 Å². The smallest absolute Gasteiger partial charge is 0.293 e. The molecule has 0 bridgehead atoms. The minimum Gasteiger partial charge on any atom is -0.333 e. The number of nitrogens with zero attached hydrogens (tertiary/aromatic N) is 5. The molecular formula is C24H35N5O. The monoisotopic (exact) mass is 409 g/mol. The molecule has 1 saturated heterocycles. The molecule has 2 aromatic rings. The van der Waals surface area contributed by atoms with Crippen molar-refractivity contribution >= 4 is 5.91 Å². The molecule has 1 aliphatic heterocycles. The lowest BCUT2D eigenvalue weighted by Gasteiger charge is -2.36. The average molecular weight is 410 g/mol. The first-order chi connectivity index (χ1) is 14.5. The van der Waals surface area contributed by atoms with E-state index in [0.717, 1.165) is 43.6 Å². The second kappa shape index (κ2) is 9.29. The summed E-state index contributed by atoms with van der Waals surface area (Å²) in [5.74, 6) is 2.24. The molecule has 1 aliphatic carbocycles. The van der Waals surface area contributed by atoms with Crippen molar-refractivity contribution in [1.29, 1.82) is 0 Å². The van der Waals surface area contributed by atoms with Crippen LogP contribution in [0, 0.1) is 12.8 Å². The van der Waals surface area contributed by atoms with Crippen LogP contribution in [0.5, 0.6) is 0 Å². The number of carbonyl (C=O) groups excluding carboxylic acids is 1. The van der Waals surface area contributed by atoms with Crippen LogP contribution in [0.2, 0.25) is 0 Å². The minimum absolute atomic E-state index is 0.0452. The van der Waals surface area contributed by atoms with Gasteiger partial charge in [-0.05, 0) is 43.2 Å². The third-order valence-electron chi connectivity index (χ3n) is 6.65. The van der Waals surface area contributed by atoms with Gasteiger partial charge in [-0.2, -0.15) is 0 Å². The fourth-order valence-corrected chi connectivity index (χ4v) is 4.89. The summed E-state index contributed by atoms with van der Waals surface area (Å²) < 4.78 is 1.82.